The van der Waals surface area contributed by atoms with Crippen molar-refractivity contribution >= 4 is 40.8 Å². The lowest BCUT2D eigenvalue weighted by molar-refractivity contribution is -0.145. The van der Waals surface area contributed by atoms with Crippen molar-refractivity contribution in [1.82, 2.24) is 0 Å². The number of hydrogen-bond acceptors (Lipinski definition) is 2. The first-order valence-corrected chi connectivity index (χ1v) is 7.63. The maximum atomic E-state index is 11.2. The molecule has 1 aromatic carbocycles. The van der Waals surface area contributed by atoms with E-state index >= 15 is 0 Å². The van der Waals surface area contributed by atoms with Crippen molar-refractivity contribution in [2.24, 2.45) is 0 Å². The number of halogens is 3. The van der Waals surface area contributed by atoms with Gasteiger partial charge in [-0.05, 0) is 18.9 Å². The summed E-state index contributed by atoms with van der Waals surface area (Å²) in [4.78, 5) is 11.2. The summed E-state index contributed by atoms with van der Waals surface area (Å²) in [7, 11) is 0. The number of carbonyl (C=O) groups is 1. The lowest BCUT2D eigenvalue weighted by Crippen LogP contribution is -2.27. The first-order valence-electron chi connectivity index (χ1n) is 6.49. The normalized spacial score (nSPS) is 12.2. The van der Waals surface area contributed by atoms with E-state index in [0.29, 0.717) is 11.4 Å². The van der Waals surface area contributed by atoms with Crippen molar-refractivity contribution in [2.45, 2.75) is 45.1 Å². The molecule has 0 aromatic heterocycles. The van der Waals surface area contributed by atoms with Crippen LogP contribution in [0.15, 0.2) is 12.1 Å². The van der Waals surface area contributed by atoms with Gasteiger partial charge in [0, 0.05) is 6.07 Å². The minimum Gasteiger partial charge on any atom is -0.479 e. The summed E-state index contributed by atoms with van der Waals surface area (Å²) in [5.41, 5.74) is 0. The first-order chi connectivity index (χ1) is 9.45. The fourth-order valence-corrected chi connectivity index (χ4v) is 2.32. The summed E-state index contributed by atoms with van der Waals surface area (Å²) < 4.78 is 5.45. The van der Waals surface area contributed by atoms with E-state index in [2.05, 4.69) is 6.92 Å². The molecule has 0 aliphatic carbocycles. The van der Waals surface area contributed by atoms with Gasteiger partial charge < -0.3 is 9.84 Å². The lowest BCUT2D eigenvalue weighted by atomic mass is 10.1. The number of ether oxygens (including phenoxy) is 1. The highest BCUT2D eigenvalue weighted by atomic mass is 35.5. The van der Waals surface area contributed by atoms with E-state index in [1.54, 1.807) is 0 Å². The minimum atomic E-state index is -1.01. The molecule has 0 bridgehead atoms. The van der Waals surface area contributed by atoms with E-state index < -0.39 is 12.1 Å². The summed E-state index contributed by atoms with van der Waals surface area (Å²) in [5.74, 6) is -0.771. The highest BCUT2D eigenvalue weighted by molar-refractivity contribution is 6.43. The van der Waals surface area contributed by atoms with Gasteiger partial charge in [0.15, 0.2) is 6.10 Å². The van der Waals surface area contributed by atoms with Crippen molar-refractivity contribution in [1.29, 1.82) is 0 Å². The Kier molecular flexibility index (Phi) is 7.49. The van der Waals surface area contributed by atoms with Crippen LogP contribution in [-0.4, -0.2) is 17.2 Å². The number of aliphatic carboxylic acids is 1. The molecule has 1 N–H and O–H groups in total. The maximum Gasteiger partial charge on any atom is 0.344 e. The standard InChI is InChI=1S/C14H17Cl3O3/c1-2-3-4-5-6-12(14(18)19)20-13-8-10(16)9(15)7-11(13)17/h7-8,12H,2-6H2,1H3,(H,18,19). The number of benzene rings is 1. The largest absolute Gasteiger partial charge is 0.479 e. The van der Waals surface area contributed by atoms with Crippen LogP contribution in [0.2, 0.25) is 15.1 Å². The summed E-state index contributed by atoms with van der Waals surface area (Å²) >= 11 is 17.7. The van der Waals surface area contributed by atoms with Crippen LogP contribution < -0.4 is 4.74 Å². The Bertz CT molecular complexity index is 463. The van der Waals surface area contributed by atoms with Crippen molar-refractivity contribution < 1.29 is 14.6 Å². The molecule has 0 amide bonds. The molecule has 1 rings (SSSR count). The first kappa shape index (κ1) is 17.4. The average Bonchev–Trinajstić information content (AvgIpc) is 2.38. The molecule has 3 nitrogen and oxygen atoms in total. The molecule has 6 heteroatoms. The second kappa shape index (κ2) is 8.60. The van der Waals surface area contributed by atoms with E-state index in [9.17, 15) is 9.90 Å². The number of unbranched alkanes of at least 4 members (excludes halogenated alkanes) is 3. The van der Waals surface area contributed by atoms with Crippen LogP contribution in [-0.2, 0) is 4.79 Å². The number of hydrogen-bond donors (Lipinski definition) is 1. The summed E-state index contributed by atoms with van der Waals surface area (Å²) in [5, 5.41) is 10.0. The molecular weight excluding hydrogens is 323 g/mol. The zero-order valence-electron chi connectivity index (χ0n) is 11.2. The Labute approximate surface area is 133 Å². The van der Waals surface area contributed by atoms with E-state index in [1.807, 2.05) is 0 Å². The third-order valence-electron chi connectivity index (χ3n) is 2.84. The van der Waals surface area contributed by atoms with Crippen LogP contribution in [0.25, 0.3) is 0 Å². The predicted molar refractivity (Wildman–Crippen MR) is 82.3 cm³/mol. The van der Waals surface area contributed by atoms with Gasteiger partial charge in [-0.25, -0.2) is 4.79 Å². The molecule has 0 aliphatic rings. The fourth-order valence-electron chi connectivity index (χ4n) is 1.74. The molecule has 0 saturated carbocycles. The second-order valence-corrected chi connectivity index (χ2v) is 5.71. The van der Waals surface area contributed by atoms with Crippen molar-refractivity contribution in [3.05, 3.63) is 27.2 Å². The fraction of sp³-hybridized carbons (Fsp3) is 0.500. The highest BCUT2D eigenvalue weighted by Crippen LogP contribution is 2.34. The molecule has 1 unspecified atom stereocenters. The smallest absolute Gasteiger partial charge is 0.344 e. The van der Waals surface area contributed by atoms with E-state index in [1.165, 1.54) is 12.1 Å². The van der Waals surface area contributed by atoms with Crippen molar-refractivity contribution in [3.63, 3.8) is 0 Å². The highest BCUT2D eigenvalue weighted by Gasteiger charge is 2.20. The quantitative estimate of drug-likeness (QED) is 0.506. The van der Waals surface area contributed by atoms with Crippen LogP contribution in [0.1, 0.15) is 39.0 Å². The van der Waals surface area contributed by atoms with Crippen LogP contribution in [0.5, 0.6) is 5.75 Å². The zero-order valence-corrected chi connectivity index (χ0v) is 13.4. The molecule has 1 atom stereocenters. The molecule has 0 saturated heterocycles. The number of carboxylic acid groups (broad SMARTS) is 1. The van der Waals surface area contributed by atoms with Crippen LogP contribution in [0.3, 0.4) is 0 Å². The zero-order chi connectivity index (χ0) is 15.1. The monoisotopic (exact) mass is 338 g/mol. The molecular formula is C14H17Cl3O3. The minimum absolute atomic E-state index is 0.240. The summed E-state index contributed by atoms with van der Waals surface area (Å²) in [6.45, 7) is 2.10. The molecule has 20 heavy (non-hydrogen) atoms. The topological polar surface area (TPSA) is 46.5 Å². The van der Waals surface area contributed by atoms with E-state index in [0.717, 1.165) is 25.7 Å². The second-order valence-electron chi connectivity index (χ2n) is 4.49. The molecule has 1 aromatic rings. The lowest BCUT2D eigenvalue weighted by Gasteiger charge is -2.16. The number of carboxylic acids is 1. The maximum absolute atomic E-state index is 11.2. The van der Waals surface area contributed by atoms with Gasteiger partial charge in [-0.15, -0.1) is 0 Å². The molecule has 112 valence electrons. The Morgan fingerprint density at radius 1 is 1.15 bits per heavy atom. The number of rotatable bonds is 8. The summed E-state index contributed by atoms with van der Waals surface area (Å²) in [6, 6.07) is 2.88. The average molecular weight is 340 g/mol. The van der Waals surface area contributed by atoms with E-state index in [-0.39, 0.29) is 15.8 Å². The summed E-state index contributed by atoms with van der Waals surface area (Å²) in [6.07, 6.45) is 3.47. The third kappa shape index (κ3) is 5.39. The van der Waals surface area contributed by atoms with Gasteiger partial charge >= 0.3 is 5.97 Å². The van der Waals surface area contributed by atoms with Crippen LogP contribution in [0, 0.1) is 0 Å². The third-order valence-corrected chi connectivity index (χ3v) is 3.86. The molecule has 0 spiro atoms. The van der Waals surface area contributed by atoms with E-state index in [4.69, 9.17) is 39.5 Å². The Balaban J connectivity index is 2.70. The molecule has 0 radical (unpaired) electrons. The van der Waals surface area contributed by atoms with Crippen LogP contribution >= 0.6 is 34.8 Å². The SMILES string of the molecule is CCCCCCC(Oc1cc(Cl)c(Cl)cc1Cl)C(=O)O. The van der Waals surface area contributed by atoms with Crippen molar-refractivity contribution in [3.8, 4) is 5.75 Å². The van der Waals surface area contributed by atoms with Gasteiger partial charge in [0.05, 0.1) is 15.1 Å². The molecule has 0 aliphatic heterocycles. The Morgan fingerprint density at radius 3 is 2.40 bits per heavy atom. The van der Waals surface area contributed by atoms with Gasteiger partial charge in [0.25, 0.3) is 0 Å². The van der Waals surface area contributed by atoms with Gasteiger partial charge in [-0.1, -0.05) is 61.0 Å². The predicted octanol–water partition coefficient (Wildman–Crippen LogP) is 5.45. The molecule has 0 fully saturated rings. The Morgan fingerprint density at radius 2 is 1.80 bits per heavy atom. The Hall–Kier alpha value is -0.640. The van der Waals surface area contributed by atoms with Gasteiger partial charge in [-0.2, -0.15) is 0 Å². The van der Waals surface area contributed by atoms with Crippen LogP contribution in [0.4, 0.5) is 0 Å². The van der Waals surface area contributed by atoms with Gasteiger partial charge in [0.1, 0.15) is 5.75 Å². The van der Waals surface area contributed by atoms with Crippen molar-refractivity contribution in [2.75, 3.05) is 0 Å². The van der Waals surface area contributed by atoms with Gasteiger partial charge in [0.2, 0.25) is 0 Å². The van der Waals surface area contributed by atoms with Gasteiger partial charge in [-0.3, -0.25) is 0 Å². The molecule has 0 heterocycles.